The van der Waals surface area contributed by atoms with Crippen LogP contribution in [0.15, 0.2) is 29.7 Å². The maximum atomic E-state index is 14.7. The number of aliphatic hydroxyl groups excluding tert-OH is 1. The number of benzene rings is 1. The molecule has 1 aromatic carbocycles. The number of halogens is 1. The number of nitrogens with zero attached hydrogens (tertiary/aromatic N) is 1. The maximum absolute atomic E-state index is 14.7. The van der Waals surface area contributed by atoms with Gasteiger partial charge < -0.3 is 20.3 Å². The lowest BCUT2D eigenvalue weighted by atomic mass is 9.88. The van der Waals surface area contributed by atoms with E-state index in [-0.39, 0.29) is 30.2 Å². The lowest BCUT2D eigenvalue weighted by molar-refractivity contribution is -0.119. The van der Waals surface area contributed by atoms with Crippen LogP contribution in [0, 0.1) is 5.82 Å². The van der Waals surface area contributed by atoms with Crippen LogP contribution in [0.4, 0.5) is 14.9 Å². The van der Waals surface area contributed by atoms with Gasteiger partial charge in [-0.2, -0.15) is 0 Å². The van der Waals surface area contributed by atoms with Gasteiger partial charge in [-0.15, -0.1) is 0 Å². The average molecular weight is 414 g/mol. The van der Waals surface area contributed by atoms with Gasteiger partial charge in [0.15, 0.2) is 9.84 Å². The number of anilines is 1. The molecule has 28 heavy (non-hydrogen) atoms. The number of nitrogens with one attached hydrogen (secondary N) is 1. The lowest BCUT2D eigenvalue weighted by Gasteiger charge is -2.33. The van der Waals surface area contributed by atoms with Crippen LogP contribution >= 0.6 is 0 Å². The van der Waals surface area contributed by atoms with E-state index in [1.54, 1.807) is 0 Å². The van der Waals surface area contributed by atoms with Gasteiger partial charge in [0.05, 0.1) is 24.5 Å². The molecule has 2 aliphatic heterocycles. The Labute approximate surface area is 160 Å². The Morgan fingerprint density at radius 1 is 1.46 bits per heavy atom. The Kier molecular flexibility index (Phi) is 5.17. The SMILES string of the molecule is CC(=O)NC[C@H]1CN(c2ccc(C3(O)C=CS(=O)(=O)CC3O)c(F)c2)C(=O)O1. The standard InChI is InChI=1S/C17H19FN2O7S/c1-10(21)19-7-12-8-20(16(23)27-12)11-2-3-13(14(18)6-11)17(24)4-5-28(25,26)9-15(17)22/h2-6,12,15,22,24H,7-9H2,1H3,(H,19,21)/t12-,15?,17?/m0/s1. The molecule has 2 unspecified atom stereocenters. The van der Waals surface area contributed by atoms with E-state index in [1.165, 1.54) is 24.0 Å². The first-order chi connectivity index (χ1) is 13.0. The van der Waals surface area contributed by atoms with Crippen molar-refractivity contribution in [2.75, 3.05) is 23.7 Å². The highest BCUT2D eigenvalue weighted by Crippen LogP contribution is 2.35. The summed E-state index contributed by atoms with van der Waals surface area (Å²) in [6.45, 7) is 1.53. The van der Waals surface area contributed by atoms with E-state index in [2.05, 4.69) is 5.32 Å². The number of aliphatic hydroxyl groups is 2. The smallest absolute Gasteiger partial charge is 0.414 e. The van der Waals surface area contributed by atoms with Crippen molar-refractivity contribution in [3.8, 4) is 0 Å². The molecule has 1 fully saturated rings. The first-order valence-electron chi connectivity index (χ1n) is 8.37. The third-order valence-corrected chi connectivity index (χ3v) is 5.91. The highest BCUT2D eigenvalue weighted by Gasteiger charge is 2.43. The fourth-order valence-corrected chi connectivity index (χ4v) is 4.30. The van der Waals surface area contributed by atoms with E-state index in [9.17, 15) is 32.6 Å². The van der Waals surface area contributed by atoms with Crippen LogP contribution in [0.2, 0.25) is 0 Å². The van der Waals surface area contributed by atoms with E-state index in [4.69, 9.17) is 4.74 Å². The second-order valence-corrected chi connectivity index (χ2v) is 8.62. The Balaban J connectivity index is 1.83. The third kappa shape index (κ3) is 3.86. The van der Waals surface area contributed by atoms with Gasteiger partial charge in [-0.05, 0) is 18.2 Å². The summed E-state index contributed by atoms with van der Waals surface area (Å²) in [5, 5.41) is 23.9. The molecular weight excluding hydrogens is 395 g/mol. The molecule has 2 aliphatic rings. The molecule has 0 saturated carbocycles. The van der Waals surface area contributed by atoms with Gasteiger partial charge in [0, 0.05) is 17.9 Å². The van der Waals surface area contributed by atoms with E-state index < -0.39 is 45.3 Å². The molecule has 3 N–H and O–H groups in total. The van der Waals surface area contributed by atoms with Gasteiger partial charge in [0.25, 0.3) is 0 Å². The van der Waals surface area contributed by atoms with Gasteiger partial charge in [0.2, 0.25) is 5.91 Å². The summed E-state index contributed by atoms with van der Waals surface area (Å²) in [5.74, 6) is -1.95. The molecule has 3 rings (SSSR count). The summed E-state index contributed by atoms with van der Waals surface area (Å²) < 4.78 is 42.8. The highest BCUT2D eigenvalue weighted by molar-refractivity contribution is 7.94. The number of cyclic esters (lactones) is 1. The van der Waals surface area contributed by atoms with E-state index in [0.29, 0.717) is 0 Å². The van der Waals surface area contributed by atoms with Crippen LogP contribution in [0.1, 0.15) is 12.5 Å². The van der Waals surface area contributed by atoms with Crippen molar-refractivity contribution in [1.82, 2.24) is 5.32 Å². The van der Waals surface area contributed by atoms with Gasteiger partial charge in [-0.3, -0.25) is 9.69 Å². The highest BCUT2D eigenvalue weighted by atomic mass is 32.2. The molecule has 0 aliphatic carbocycles. The van der Waals surface area contributed by atoms with Gasteiger partial charge in [-0.25, -0.2) is 17.6 Å². The molecule has 0 bridgehead atoms. The van der Waals surface area contributed by atoms with E-state index in [0.717, 1.165) is 17.6 Å². The molecule has 2 amide bonds. The van der Waals surface area contributed by atoms with Crippen molar-refractivity contribution >= 4 is 27.5 Å². The topological polar surface area (TPSA) is 133 Å². The van der Waals surface area contributed by atoms with E-state index >= 15 is 0 Å². The zero-order valence-corrected chi connectivity index (χ0v) is 15.6. The lowest BCUT2D eigenvalue weighted by Crippen LogP contribution is -2.45. The van der Waals surface area contributed by atoms with Crippen LogP contribution in [0.5, 0.6) is 0 Å². The minimum Gasteiger partial charge on any atom is -0.442 e. The number of sulfone groups is 1. The van der Waals surface area contributed by atoms with Gasteiger partial charge >= 0.3 is 6.09 Å². The van der Waals surface area contributed by atoms with Crippen molar-refractivity contribution in [2.45, 2.75) is 24.7 Å². The van der Waals surface area contributed by atoms with Crippen molar-refractivity contribution in [2.24, 2.45) is 0 Å². The fraction of sp³-hybridized carbons (Fsp3) is 0.412. The van der Waals surface area contributed by atoms with Crippen LogP contribution in [-0.2, 0) is 25.0 Å². The molecule has 3 atom stereocenters. The van der Waals surface area contributed by atoms with Crippen molar-refractivity contribution < 1.29 is 37.3 Å². The second kappa shape index (κ2) is 7.15. The van der Waals surface area contributed by atoms with E-state index in [1.807, 2.05) is 0 Å². The first kappa shape index (κ1) is 20.2. The number of carbonyl (C=O) groups excluding carboxylic acids is 2. The Hall–Kier alpha value is -2.50. The van der Waals surface area contributed by atoms with Crippen molar-refractivity contribution in [1.29, 1.82) is 0 Å². The predicted octanol–water partition coefficient (Wildman–Crippen LogP) is -0.222. The number of ether oxygens (including phenoxy) is 1. The molecule has 0 aromatic heterocycles. The van der Waals surface area contributed by atoms with Crippen LogP contribution in [0.3, 0.4) is 0 Å². The van der Waals surface area contributed by atoms with Crippen LogP contribution < -0.4 is 10.2 Å². The zero-order chi connectivity index (χ0) is 20.7. The first-order valence-corrected chi connectivity index (χ1v) is 10.1. The average Bonchev–Trinajstić information content (AvgIpc) is 2.97. The molecule has 152 valence electrons. The normalized spacial score (nSPS) is 28.9. The molecule has 11 heteroatoms. The summed E-state index contributed by atoms with van der Waals surface area (Å²) in [4.78, 5) is 24.1. The molecule has 2 heterocycles. The molecular formula is C17H19FN2O7S. The second-order valence-electron chi connectivity index (χ2n) is 6.69. The number of rotatable bonds is 4. The van der Waals surface area contributed by atoms with Crippen LogP contribution in [0.25, 0.3) is 0 Å². The number of hydrogen-bond donors (Lipinski definition) is 3. The molecule has 0 radical (unpaired) electrons. The number of hydrogen-bond acceptors (Lipinski definition) is 7. The molecule has 1 aromatic rings. The van der Waals surface area contributed by atoms with Crippen molar-refractivity contribution in [3.63, 3.8) is 0 Å². The summed E-state index contributed by atoms with van der Waals surface area (Å²) >= 11 is 0. The van der Waals surface area contributed by atoms with Crippen LogP contribution in [-0.4, -0.2) is 61.7 Å². The number of carbonyl (C=O) groups is 2. The maximum Gasteiger partial charge on any atom is 0.414 e. The summed E-state index contributed by atoms with van der Waals surface area (Å²) in [5.41, 5.74) is -2.38. The largest absolute Gasteiger partial charge is 0.442 e. The molecule has 1 saturated heterocycles. The fourth-order valence-electron chi connectivity index (χ4n) is 3.08. The Morgan fingerprint density at radius 3 is 2.79 bits per heavy atom. The summed E-state index contributed by atoms with van der Waals surface area (Å²) in [7, 11) is -3.68. The van der Waals surface area contributed by atoms with Crippen molar-refractivity contribution in [3.05, 3.63) is 41.1 Å². The molecule has 0 spiro atoms. The minimum absolute atomic E-state index is 0.0862. The third-order valence-electron chi connectivity index (χ3n) is 4.58. The quantitative estimate of drug-likeness (QED) is 0.620. The summed E-state index contributed by atoms with van der Waals surface area (Å²) in [6.07, 6.45) is -2.23. The monoisotopic (exact) mass is 414 g/mol. The molecule has 9 nitrogen and oxygen atoms in total. The Morgan fingerprint density at radius 2 is 2.18 bits per heavy atom. The minimum atomic E-state index is -3.68. The number of amides is 2. The predicted molar refractivity (Wildman–Crippen MR) is 95.5 cm³/mol. The zero-order valence-electron chi connectivity index (χ0n) is 14.8. The van der Waals surface area contributed by atoms with Gasteiger partial charge in [0.1, 0.15) is 23.6 Å². The summed E-state index contributed by atoms with van der Waals surface area (Å²) in [6, 6.07) is 3.51. The Bertz CT molecular complexity index is 949. The van der Waals surface area contributed by atoms with Gasteiger partial charge in [-0.1, -0.05) is 6.07 Å².